The van der Waals surface area contributed by atoms with Crippen LogP contribution in [0.25, 0.3) is 5.69 Å². The first-order valence-electron chi connectivity index (χ1n) is 8.27. The third-order valence-electron chi connectivity index (χ3n) is 4.45. The Morgan fingerprint density at radius 2 is 1.64 bits per heavy atom. The van der Waals surface area contributed by atoms with Gasteiger partial charge in [0.05, 0.1) is 5.69 Å². The summed E-state index contributed by atoms with van der Waals surface area (Å²) in [5.41, 5.74) is 1.83. The largest absolute Gasteiger partial charge is 0.334 e. The van der Waals surface area contributed by atoms with Crippen LogP contribution >= 0.6 is 0 Å². The molecule has 0 radical (unpaired) electrons. The second kappa shape index (κ2) is 6.41. The van der Waals surface area contributed by atoms with E-state index in [0.29, 0.717) is 24.6 Å². The van der Waals surface area contributed by atoms with E-state index in [1.807, 2.05) is 48.5 Å². The maximum atomic E-state index is 12.3. The quantitative estimate of drug-likeness (QED) is 0.653. The zero-order chi connectivity index (χ0) is 17.2. The number of nitrogens with one attached hydrogen (secondary N) is 3. The fourth-order valence-corrected chi connectivity index (χ4v) is 3.28. The predicted octanol–water partition coefficient (Wildman–Crippen LogP) is 0.494. The molecule has 126 valence electrons. The molecule has 1 aromatic heterocycles. The first kappa shape index (κ1) is 15.4. The molecule has 3 N–H and O–H groups in total. The third-order valence-corrected chi connectivity index (χ3v) is 4.45. The first-order chi connectivity index (χ1) is 12.2. The fraction of sp³-hybridized carbons (Fsp3) is 0.158. The van der Waals surface area contributed by atoms with E-state index in [1.54, 1.807) is 0 Å². The first-order valence-corrected chi connectivity index (χ1v) is 8.27. The van der Waals surface area contributed by atoms with Gasteiger partial charge in [-0.05, 0) is 12.1 Å². The number of rotatable bonds is 3. The minimum Gasteiger partial charge on any atom is -0.324 e. The van der Waals surface area contributed by atoms with E-state index in [9.17, 15) is 9.59 Å². The molecule has 1 aliphatic heterocycles. The van der Waals surface area contributed by atoms with Crippen molar-refractivity contribution in [3.63, 3.8) is 0 Å². The molecule has 6 nitrogen and oxygen atoms in total. The molecule has 1 aliphatic rings. The van der Waals surface area contributed by atoms with Gasteiger partial charge < -0.3 is 10.2 Å². The summed E-state index contributed by atoms with van der Waals surface area (Å²) >= 11 is 0. The van der Waals surface area contributed by atoms with E-state index < -0.39 is 5.69 Å². The van der Waals surface area contributed by atoms with Crippen molar-refractivity contribution < 1.29 is 4.90 Å². The van der Waals surface area contributed by atoms with E-state index >= 15 is 0 Å². The molecule has 0 bridgehead atoms. The van der Waals surface area contributed by atoms with Gasteiger partial charge in [-0.1, -0.05) is 48.5 Å². The summed E-state index contributed by atoms with van der Waals surface area (Å²) in [6, 6.07) is 19.5. The lowest BCUT2D eigenvalue weighted by Gasteiger charge is -2.28. The number of hydrogen-bond acceptors (Lipinski definition) is 3. The molecule has 1 unspecified atom stereocenters. The van der Waals surface area contributed by atoms with Gasteiger partial charge in [-0.15, -0.1) is 0 Å². The Bertz CT molecular complexity index is 993. The van der Waals surface area contributed by atoms with Crippen molar-refractivity contribution in [1.29, 1.82) is 0 Å². The molecule has 25 heavy (non-hydrogen) atoms. The molecule has 0 spiro atoms. The highest BCUT2D eigenvalue weighted by atomic mass is 16.2. The van der Waals surface area contributed by atoms with Crippen LogP contribution in [0.1, 0.15) is 11.1 Å². The Morgan fingerprint density at radius 3 is 2.36 bits per heavy atom. The molecule has 0 fully saturated rings. The van der Waals surface area contributed by atoms with Crippen molar-refractivity contribution in [2.24, 2.45) is 0 Å². The molecule has 2 heterocycles. The van der Waals surface area contributed by atoms with Crippen molar-refractivity contribution in [3.05, 3.63) is 92.6 Å². The highest BCUT2D eigenvalue weighted by molar-refractivity contribution is 5.50. The van der Waals surface area contributed by atoms with Crippen LogP contribution in [0.4, 0.5) is 5.82 Å². The molecule has 0 saturated carbocycles. The number of aromatic amines is 1. The van der Waals surface area contributed by atoms with Gasteiger partial charge in [0.1, 0.15) is 24.5 Å². The average Bonchev–Trinajstić information content (AvgIpc) is 2.64. The van der Waals surface area contributed by atoms with E-state index in [2.05, 4.69) is 22.4 Å². The van der Waals surface area contributed by atoms with Gasteiger partial charge in [0.25, 0.3) is 5.56 Å². The van der Waals surface area contributed by atoms with Crippen LogP contribution in [-0.2, 0) is 13.1 Å². The summed E-state index contributed by atoms with van der Waals surface area (Å²) in [6.45, 7) is 2.04. The Morgan fingerprint density at radius 1 is 0.960 bits per heavy atom. The second-order valence-corrected chi connectivity index (χ2v) is 6.20. The molecule has 3 aromatic rings. The fourth-order valence-electron chi connectivity index (χ4n) is 3.28. The normalized spacial score (nSPS) is 16.1. The lowest BCUT2D eigenvalue weighted by Crippen LogP contribution is -3.11. The molecule has 1 atom stereocenters. The van der Waals surface area contributed by atoms with Crippen LogP contribution < -0.4 is 21.5 Å². The summed E-state index contributed by atoms with van der Waals surface area (Å²) in [5.74, 6) is 0.594. The van der Waals surface area contributed by atoms with Crippen molar-refractivity contribution in [2.75, 3.05) is 12.0 Å². The van der Waals surface area contributed by atoms with Crippen LogP contribution in [0.5, 0.6) is 0 Å². The molecular formula is C19H19N4O2+. The Kier molecular flexibility index (Phi) is 3.95. The second-order valence-electron chi connectivity index (χ2n) is 6.20. The van der Waals surface area contributed by atoms with Crippen LogP contribution in [0, 0.1) is 0 Å². The molecular weight excluding hydrogens is 316 g/mol. The van der Waals surface area contributed by atoms with Gasteiger partial charge >= 0.3 is 5.69 Å². The lowest BCUT2D eigenvalue weighted by atomic mass is 10.1. The maximum absolute atomic E-state index is 12.3. The summed E-state index contributed by atoms with van der Waals surface area (Å²) < 4.78 is 1.54. The number of fused-ring (bicyclic) bond motifs is 1. The minimum atomic E-state index is -0.422. The molecule has 0 aliphatic carbocycles. The van der Waals surface area contributed by atoms with Crippen LogP contribution in [-0.4, -0.2) is 16.2 Å². The lowest BCUT2D eigenvalue weighted by molar-refractivity contribution is -0.926. The summed E-state index contributed by atoms with van der Waals surface area (Å²) in [7, 11) is 0. The molecule has 2 aromatic carbocycles. The molecule has 0 saturated heterocycles. The topological polar surface area (TPSA) is 71.3 Å². The number of H-pyrrole nitrogens is 1. The predicted molar refractivity (Wildman–Crippen MR) is 96.0 cm³/mol. The molecule has 6 heteroatoms. The standard InChI is InChI=1S/C19H18N4O2/c24-18-16-12-22(11-14-7-3-1-4-8-14)13-20-17(16)23(19(25)21-18)15-9-5-2-6-10-15/h1-10,20H,11-13H2,(H,21,24,25)/p+1. The van der Waals surface area contributed by atoms with Crippen molar-refractivity contribution in [1.82, 2.24) is 9.55 Å². The van der Waals surface area contributed by atoms with Gasteiger partial charge in [0, 0.05) is 5.56 Å². The number of aromatic nitrogens is 2. The number of benzene rings is 2. The van der Waals surface area contributed by atoms with Gasteiger partial charge in [-0.3, -0.25) is 9.78 Å². The number of para-hydroxylation sites is 1. The molecule has 4 rings (SSSR count). The summed E-state index contributed by atoms with van der Waals surface area (Å²) in [6.07, 6.45) is 0. The Labute approximate surface area is 144 Å². The van der Waals surface area contributed by atoms with Gasteiger partial charge in [0.2, 0.25) is 0 Å². The van der Waals surface area contributed by atoms with E-state index in [-0.39, 0.29) is 5.56 Å². The minimum absolute atomic E-state index is 0.315. The summed E-state index contributed by atoms with van der Waals surface area (Å²) in [4.78, 5) is 28.4. The number of nitrogens with zero attached hydrogens (tertiary/aromatic N) is 1. The number of anilines is 1. The monoisotopic (exact) mass is 335 g/mol. The van der Waals surface area contributed by atoms with Crippen molar-refractivity contribution in [3.8, 4) is 5.69 Å². The zero-order valence-corrected chi connectivity index (χ0v) is 13.7. The SMILES string of the molecule is O=c1[nH]c(=O)n(-c2ccccc2)c2c1C[NH+](Cc1ccccc1)CN2. The van der Waals surface area contributed by atoms with Crippen LogP contribution in [0.3, 0.4) is 0 Å². The summed E-state index contributed by atoms with van der Waals surface area (Å²) in [5, 5.41) is 3.29. The third kappa shape index (κ3) is 2.99. The Balaban J connectivity index is 1.71. The van der Waals surface area contributed by atoms with E-state index in [1.165, 1.54) is 15.0 Å². The van der Waals surface area contributed by atoms with Crippen molar-refractivity contribution in [2.45, 2.75) is 13.1 Å². The van der Waals surface area contributed by atoms with Gasteiger partial charge in [-0.2, -0.15) is 0 Å². The number of quaternary nitrogens is 1. The van der Waals surface area contributed by atoms with Gasteiger partial charge in [-0.25, -0.2) is 9.36 Å². The highest BCUT2D eigenvalue weighted by Crippen LogP contribution is 2.16. The van der Waals surface area contributed by atoms with E-state index in [4.69, 9.17) is 0 Å². The smallest absolute Gasteiger partial charge is 0.324 e. The zero-order valence-electron chi connectivity index (χ0n) is 13.7. The highest BCUT2D eigenvalue weighted by Gasteiger charge is 2.25. The van der Waals surface area contributed by atoms with Gasteiger partial charge in [0.15, 0.2) is 6.67 Å². The van der Waals surface area contributed by atoms with Crippen LogP contribution in [0.2, 0.25) is 0 Å². The Hall–Kier alpha value is -3.12. The van der Waals surface area contributed by atoms with Crippen molar-refractivity contribution >= 4 is 5.82 Å². The van der Waals surface area contributed by atoms with Crippen LogP contribution in [0.15, 0.2) is 70.3 Å². The average molecular weight is 335 g/mol. The number of hydrogen-bond donors (Lipinski definition) is 3. The maximum Gasteiger partial charge on any atom is 0.334 e. The molecule has 0 amide bonds. The van der Waals surface area contributed by atoms with E-state index in [0.717, 1.165) is 12.2 Å².